The number of nitro groups is 1. The Bertz CT molecular complexity index is 968. The fourth-order valence-electron chi connectivity index (χ4n) is 2.10. The number of rotatable bonds is 5. The van der Waals surface area contributed by atoms with E-state index in [1.54, 1.807) is 42.1 Å². The van der Waals surface area contributed by atoms with Gasteiger partial charge in [-0.2, -0.15) is 5.26 Å². The maximum atomic E-state index is 10.8. The molecule has 3 rings (SSSR count). The molecular weight excluding hydrogens is 342 g/mol. The summed E-state index contributed by atoms with van der Waals surface area (Å²) in [6, 6.07) is 11.5. The molecular formula is C16H11N5O3S. The van der Waals surface area contributed by atoms with Crippen molar-refractivity contribution < 1.29 is 9.34 Å². The Kier molecular flexibility index (Phi) is 4.63. The molecule has 0 bridgehead atoms. The first-order chi connectivity index (χ1) is 12.1. The fourth-order valence-corrected chi connectivity index (χ4v) is 2.97. The summed E-state index contributed by atoms with van der Waals surface area (Å²) in [5, 5.41) is 28.6. The van der Waals surface area contributed by atoms with Gasteiger partial charge in [-0.25, -0.2) is 0 Å². The van der Waals surface area contributed by atoms with Crippen LogP contribution in [0.3, 0.4) is 0 Å². The van der Waals surface area contributed by atoms with Crippen LogP contribution in [0.5, 0.6) is 0 Å². The maximum Gasteiger partial charge on any atom is 0.269 e. The van der Waals surface area contributed by atoms with Crippen LogP contribution in [0.4, 0.5) is 5.69 Å². The summed E-state index contributed by atoms with van der Waals surface area (Å²) in [6.07, 6.45) is 2.92. The number of benzene rings is 1. The molecule has 2 heterocycles. The summed E-state index contributed by atoms with van der Waals surface area (Å²) in [5.74, 6) is 1.15. The molecule has 3 aromatic rings. The number of nitro benzene ring substituents is 1. The average Bonchev–Trinajstić information content (AvgIpc) is 3.25. The standard InChI is InChI=1S/C16H11N5O3S/c1-20-15(13-3-2-10-24-13)18-19-16(20)25-14(8-9-17)11-4-6-12(7-5-11)21(22)23/h2-8,10H,1H3/b14-8+. The Hall–Kier alpha value is -3.38. The predicted molar refractivity (Wildman–Crippen MR) is 91.2 cm³/mol. The Labute approximate surface area is 146 Å². The van der Waals surface area contributed by atoms with Crippen molar-refractivity contribution in [2.75, 3.05) is 0 Å². The van der Waals surface area contributed by atoms with E-state index in [2.05, 4.69) is 10.2 Å². The van der Waals surface area contributed by atoms with Crippen LogP contribution in [-0.4, -0.2) is 19.7 Å². The van der Waals surface area contributed by atoms with E-state index < -0.39 is 4.92 Å². The number of hydrogen-bond donors (Lipinski definition) is 0. The zero-order valence-corrected chi connectivity index (χ0v) is 13.8. The molecule has 2 aromatic heterocycles. The quantitative estimate of drug-likeness (QED) is 0.298. The van der Waals surface area contributed by atoms with Gasteiger partial charge in [0.05, 0.1) is 17.3 Å². The van der Waals surface area contributed by atoms with E-state index >= 15 is 0 Å². The molecule has 0 saturated carbocycles. The van der Waals surface area contributed by atoms with Crippen LogP contribution in [0.15, 0.2) is 58.3 Å². The van der Waals surface area contributed by atoms with Gasteiger partial charge in [0, 0.05) is 30.2 Å². The van der Waals surface area contributed by atoms with E-state index in [9.17, 15) is 10.1 Å². The molecule has 0 atom stereocenters. The lowest BCUT2D eigenvalue weighted by atomic mass is 10.2. The number of non-ortho nitro benzene ring substituents is 1. The number of furan rings is 1. The van der Waals surface area contributed by atoms with E-state index in [1.165, 1.54) is 30.0 Å². The fraction of sp³-hybridized carbons (Fsp3) is 0.0625. The van der Waals surface area contributed by atoms with Crippen molar-refractivity contribution in [2.45, 2.75) is 5.16 Å². The molecule has 8 nitrogen and oxygen atoms in total. The molecule has 0 aliphatic heterocycles. The number of hydrogen-bond acceptors (Lipinski definition) is 7. The van der Waals surface area contributed by atoms with E-state index in [-0.39, 0.29) is 5.69 Å². The van der Waals surface area contributed by atoms with E-state index in [0.717, 1.165) is 0 Å². The van der Waals surface area contributed by atoms with Crippen LogP contribution in [0.25, 0.3) is 16.5 Å². The highest BCUT2D eigenvalue weighted by atomic mass is 32.2. The number of aromatic nitrogens is 3. The monoisotopic (exact) mass is 353 g/mol. The first-order valence-corrected chi connectivity index (χ1v) is 7.87. The first-order valence-electron chi connectivity index (χ1n) is 7.06. The van der Waals surface area contributed by atoms with Gasteiger partial charge in [-0.3, -0.25) is 10.1 Å². The van der Waals surface area contributed by atoms with Crippen LogP contribution in [0.2, 0.25) is 0 Å². The maximum absolute atomic E-state index is 10.8. The molecule has 0 saturated heterocycles. The zero-order valence-electron chi connectivity index (χ0n) is 13.0. The summed E-state index contributed by atoms with van der Waals surface area (Å²) in [5.41, 5.74) is 0.670. The SMILES string of the molecule is Cn1c(S/C(=C/C#N)c2ccc([N+](=O)[O-])cc2)nnc1-c1ccco1. The van der Waals surface area contributed by atoms with Crippen LogP contribution in [-0.2, 0) is 7.05 Å². The van der Waals surface area contributed by atoms with Crippen LogP contribution in [0, 0.1) is 21.4 Å². The smallest absolute Gasteiger partial charge is 0.269 e. The van der Waals surface area contributed by atoms with Crippen LogP contribution >= 0.6 is 11.8 Å². The zero-order chi connectivity index (χ0) is 17.8. The molecule has 9 heteroatoms. The molecule has 0 fully saturated rings. The summed E-state index contributed by atoms with van der Waals surface area (Å²) >= 11 is 1.24. The van der Waals surface area contributed by atoms with Gasteiger partial charge in [0.25, 0.3) is 5.69 Å². The van der Waals surface area contributed by atoms with Crippen molar-refractivity contribution in [3.8, 4) is 17.7 Å². The Morgan fingerprint density at radius 2 is 2.12 bits per heavy atom. The van der Waals surface area contributed by atoms with Gasteiger partial charge in [0.1, 0.15) is 0 Å². The highest BCUT2D eigenvalue weighted by Crippen LogP contribution is 2.34. The van der Waals surface area contributed by atoms with Crippen molar-refractivity contribution in [1.82, 2.24) is 14.8 Å². The second-order valence-electron chi connectivity index (χ2n) is 4.89. The Balaban J connectivity index is 1.90. The molecule has 0 aliphatic carbocycles. The molecule has 0 aliphatic rings. The van der Waals surface area contributed by atoms with Gasteiger partial charge >= 0.3 is 0 Å². The largest absolute Gasteiger partial charge is 0.461 e. The Morgan fingerprint density at radius 1 is 1.36 bits per heavy atom. The third-order valence-electron chi connectivity index (χ3n) is 3.34. The van der Waals surface area contributed by atoms with Crippen molar-refractivity contribution in [1.29, 1.82) is 5.26 Å². The lowest BCUT2D eigenvalue weighted by molar-refractivity contribution is -0.384. The van der Waals surface area contributed by atoms with E-state index in [0.29, 0.717) is 27.2 Å². The predicted octanol–water partition coefficient (Wildman–Crippen LogP) is 3.64. The van der Waals surface area contributed by atoms with Crippen molar-refractivity contribution in [2.24, 2.45) is 7.05 Å². The molecule has 1 aromatic carbocycles. The summed E-state index contributed by atoms with van der Waals surface area (Å²) in [6.45, 7) is 0. The van der Waals surface area contributed by atoms with Gasteiger partial charge in [0.15, 0.2) is 16.7 Å². The Morgan fingerprint density at radius 3 is 2.72 bits per heavy atom. The topological polar surface area (TPSA) is 111 Å². The molecule has 25 heavy (non-hydrogen) atoms. The highest BCUT2D eigenvalue weighted by molar-refractivity contribution is 8.08. The lowest BCUT2D eigenvalue weighted by Gasteiger charge is -2.06. The first kappa shape index (κ1) is 16.5. The van der Waals surface area contributed by atoms with Gasteiger partial charge in [-0.1, -0.05) is 0 Å². The number of thioether (sulfide) groups is 1. The third-order valence-corrected chi connectivity index (χ3v) is 4.45. The van der Waals surface area contributed by atoms with Crippen LogP contribution < -0.4 is 0 Å². The van der Waals surface area contributed by atoms with E-state index in [1.807, 2.05) is 6.07 Å². The summed E-state index contributed by atoms with van der Waals surface area (Å²) < 4.78 is 7.07. The van der Waals surface area contributed by atoms with Crippen molar-refractivity contribution in [3.05, 3.63) is 64.4 Å². The number of allylic oxidation sites excluding steroid dienone is 1. The molecule has 0 amide bonds. The summed E-state index contributed by atoms with van der Waals surface area (Å²) in [4.78, 5) is 10.9. The second-order valence-corrected chi connectivity index (χ2v) is 5.90. The molecule has 0 N–H and O–H groups in total. The average molecular weight is 353 g/mol. The van der Waals surface area contributed by atoms with Gasteiger partial charge in [-0.15, -0.1) is 10.2 Å². The summed E-state index contributed by atoms with van der Waals surface area (Å²) in [7, 11) is 1.79. The van der Waals surface area contributed by atoms with Gasteiger partial charge < -0.3 is 8.98 Å². The molecule has 0 spiro atoms. The lowest BCUT2D eigenvalue weighted by Crippen LogP contribution is -1.94. The molecule has 124 valence electrons. The normalized spacial score (nSPS) is 11.3. The van der Waals surface area contributed by atoms with E-state index in [4.69, 9.17) is 9.68 Å². The molecule has 0 radical (unpaired) electrons. The number of nitriles is 1. The minimum atomic E-state index is -0.469. The van der Waals surface area contributed by atoms with Crippen LogP contribution in [0.1, 0.15) is 5.56 Å². The third kappa shape index (κ3) is 3.44. The minimum Gasteiger partial charge on any atom is -0.461 e. The minimum absolute atomic E-state index is 0.0104. The number of nitrogens with zero attached hydrogens (tertiary/aromatic N) is 5. The van der Waals surface area contributed by atoms with Crippen molar-refractivity contribution in [3.63, 3.8) is 0 Å². The van der Waals surface area contributed by atoms with Gasteiger partial charge in [-0.05, 0) is 41.6 Å². The highest BCUT2D eigenvalue weighted by Gasteiger charge is 2.16. The molecule has 0 unspecified atom stereocenters. The van der Waals surface area contributed by atoms with Gasteiger partial charge in [0.2, 0.25) is 0 Å². The second kappa shape index (κ2) is 7.02. The van der Waals surface area contributed by atoms with Crippen molar-refractivity contribution >= 4 is 22.4 Å².